The summed E-state index contributed by atoms with van der Waals surface area (Å²) in [5.74, 6) is -0.167. The van der Waals surface area contributed by atoms with E-state index in [1.165, 1.54) is 24.9 Å². The fraction of sp³-hybridized carbons (Fsp3) is 0.647. The highest BCUT2D eigenvalue weighted by Crippen LogP contribution is 2.33. The molecule has 0 radical (unpaired) electrons. The van der Waals surface area contributed by atoms with Crippen LogP contribution >= 0.6 is 0 Å². The van der Waals surface area contributed by atoms with Gasteiger partial charge in [0.1, 0.15) is 5.82 Å². The molecule has 1 fully saturated rings. The summed E-state index contributed by atoms with van der Waals surface area (Å²) in [4.78, 5) is 2.41. The van der Waals surface area contributed by atoms with Crippen molar-refractivity contribution in [1.29, 1.82) is 0 Å². The van der Waals surface area contributed by atoms with E-state index >= 15 is 0 Å². The van der Waals surface area contributed by atoms with Gasteiger partial charge in [-0.1, -0.05) is 13.8 Å². The molecule has 1 atom stereocenters. The zero-order valence-corrected chi connectivity index (χ0v) is 13.0. The smallest absolute Gasteiger partial charge is 0.123 e. The molecule has 0 spiro atoms. The molecule has 1 saturated heterocycles. The van der Waals surface area contributed by atoms with Crippen molar-refractivity contribution in [2.45, 2.75) is 52.5 Å². The zero-order chi connectivity index (χ0) is 14.8. The fourth-order valence-electron chi connectivity index (χ4n) is 3.04. The number of hydrogen-bond donors (Lipinski definition) is 1. The predicted molar refractivity (Wildman–Crippen MR) is 83.6 cm³/mol. The van der Waals surface area contributed by atoms with E-state index in [-0.39, 0.29) is 11.9 Å². The first-order valence-corrected chi connectivity index (χ1v) is 7.66. The second-order valence-electron chi connectivity index (χ2n) is 6.96. The summed E-state index contributed by atoms with van der Waals surface area (Å²) in [6.45, 7) is 8.75. The maximum Gasteiger partial charge on any atom is 0.123 e. The Morgan fingerprint density at radius 3 is 2.75 bits per heavy atom. The van der Waals surface area contributed by atoms with Crippen molar-refractivity contribution in [2.75, 3.05) is 18.0 Å². The van der Waals surface area contributed by atoms with E-state index in [1.807, 2.05) is 13.0 Å². The van der Waals surface area contributed by atoms with Crippen LogP contribution in [0.4, 0.5) is 10.1 Å². The molecule has 2 nitrogen and oxygen atoms in total. The summed E-state index contributed by atoms with van der Waals surface area (Å²) < 4.78 is 13.5. The average Bonchev–Trinajstić information content (AvgIpc) is 2.50. The molecule has 0 aromatic heterocycles. The molecule has 0 amide bonds. The quantitative estimate of drug-likeness (QED) is 0.912. The molecular weight excluding hydrogens is 251 g/mol. The van der Waals surface area contributed by atoms with Crippen molar-refractivity contribution in [2.24, 2.45) is 11.1 Å². The van der Waals surface area contributed by atoms with Gasteiger partial charge in [0.15, 0.2) is 0 Å². The van der Waals surface area contributed by atoms with Gasteiger partial charge in [-0.3, -0.25) is 0 Å². The highest BCUT2D eigenvalue weighted by molar-refractivity contribution is 5.54. The Hall–Kier alpha value is -1.09. The van der Waals surface area contributed by atoms with Gasteiger partial charge < -0.3 is 10.6 Å². The number of nitrogens with two attached hydrogens (primary N) is 1. The Kier molecular flexibility index (Phi) is 4.69. The van der Waals surface area contributed by atoms with Crippen LogP contribution in [0.1, 0.15) is 45.6 Å². The lowest BCUT2D eigenvalue weighted by atomic mass is 9.85. The van der Waals surface area contributed by atoms with E-state index < -0.39 is 0 Å². The van der Waals surface area contributed by atoms with Gasteiger partial charge in [-0.05, 0) is 61.8 Å². The van der Waals surface area contributed by atoms with Gasteiger partial charge in [-0.25, -0.2) is 4.39 Å². The van der Waals surface area contributed by atoms with Crippen LogP contribution in [0.3, 0.4) is 0 Å². The van der Waals surface area contributed by atoms with Crippen LogP contribution in [0.5, 0.6) is 0 Å². The van der Waals surface area contributed by atoms with E-state index in [4.69, 9.17) is 5.73 Å². The van der Waals surface area contributed by atoms with Crippen molar-refractivity contribution >= 4 is 5.69 Å². The summed E-state index contributed by atoms with van der Waals surface area (Å²) in [5.41, 5.74) is 8.53. The molecule has 20 heavy (non-hydrogen) atoms. The largest absolute Gasteiger partial charge is 0.371 e. The number of anilines is 1. The van der Waals surface area contributed by atoms with Crippen LogP contribution in [0, 0.1) is 11.2 Å². The summed E-state index contributed by atoms with van der Waals surface area (Å²) >= 11 is 0. The van der Waals surface area contributed by atoms with E-state index in [2.05, 4.69) is 18.7 Å². The first kappa shape index (κ1) is 15.3. The van der Waals surface area contributed by atoms with Gasteiger partial charge in [0.25, 0.3) is 0 Å². The van der Waals surface area contributed by atoms with Crippen LogP contribution < -0.4 is 10.6 Å². The van der Waals surface area contributed by atoms with Crippen LogP contribution in [-0.4, -0.2) is 19.1 Å². The van der Waals surface area contributed by atoms with Crippen LogP contribution in [-0.2, 0) is 6.42 Å². The molecule has 2 N–H and O–H groups in total. The molecule has 1 aliphatic heterocycles. The number of rotatable bonds is 3. The molecule has 0 bridgehead atoms. The number of nitrogens with zero attached hydrogens (tertiary/aromatic N) is 1. The molecule has 1 aliphatic rings. The van der Waals surface area contributed by atoms with Crippen molar-refractivity contribution < 1.29 is 4.39 Å². The van der Waals surface area contributed by atoms with Crippen LogP contribution in [0.25, 0.3) is 0 Å². The number of benzene rings is 1. The summed E-state index contributed by atoms with van der Waals surface area (Å²) in [7, 11) is 0. The third-order valence-electron chi connectivity index (χ3n) is 4.26. The molecule has 0 saturated carbocycles. The Morgan fingerprint density at radius 2 is 2.05 bits per heavy atom. The number of hydrogen-bond acceptors (Lipinski definition) is 2. The minimum absolute atomic E-state index is 0.0546. The Labute approximate surface area is 122 Å². The minimum atomic E-state index is -0.167. The van der Waals surface area contributed by atoms with Gasteiger partial charge in [-0.15, -0.1) is 0 Å². The lowest BCUT2D eigenvalue weighted by molar-refractivity contribution is 0.325. The fourth-order valence-corrected chi connectivity index (χ4v) is 3.04. The molecule has 1 aromatic rings. The topological polar surface area (TPSA) is 29.3 Å². The van der Waals surface area contributed by atoms with Crippen LogP contribution in [0.15, 0.2) is 18.2 Å². The van der Waals surface area contributed by atoms with Gasteiger partial charge in [0, 0.05) is 24.8 Å². The lowest BCUT2D eigenvalue weighted by Gasteiger charge is -2.27. The lowest BCUT2D eigenvalue weighted by Crippen LogP contribution is -2.27. The molecule has 1 heterocycles. The Balaban J connectivity index is 2.22. The van der Waals surface area contributed by atoms with Crippen molar-refractivity contribution in [3.8, 4) is 0 Å². The van der Waals surface area contributed by atoms with Gasteiger partial charge in [-0.2, -0.15) is 0 Å². The SMILES string of the molecule is CC(N)Cc1cc(F)ccc1N1CCCC(C)(C)CC1. The maximum absolute atomic E-state index is 13.5. The zero-order valence-electron chi connectivity index (χ0n) is 13.0. The van der Waals surface area contributed by atoms with E-state index in [0.717, 1.165) is 25.1 Å². The summed E-state index contributed by atoms with van der Waals surface area (Å²) in [6, 6.07) is 5.19. The second-order valence-corrected chi connectivity index (χ2v) is 6.96. The van der Waals surface area contributed by atoms with E-state index in [1.54, 1.807) is 12.1 Å². The highest BCUT2D eigenvalue weighted by atomic mass is 19.1. The maximum atomic E-state index is 13.5. The third kappa shape index (κ3) is 3.95. The Morgan fingerprint density at radius 1 is 1.30 bits per heavy atom. The predicted octanol–water partition coefficient (Wildman–Crippen LogP) is 3.73. The van der Waals surface area contributed by atoms with Crippen LogP contribution in [0.2, 0.25) is 0 Å². The van der Waals surface area contributed by atoms with Crippen molar-refractivity contribution in [3.63, 3.8) is 0 Å². The monoisotopic (exact) mass is 278 g/mol. The molecular formula is C17H27FN2. The molecule has 2 rings (SSSR count). The molecule has 112 valence electrons. The standard InChI is InChI=1S/C17H27FN2/c1-13(19)11-14-12-15(18)5-6-16(14)20-9-4-7-17(2,3)8-10-20/h5-6,12-13H,4,7-11,19H2,1-3H3. The molecule has 1 aromatic carbocycles. The minimum Gasteiger partial charge on any atom is -0.371 e. The second kappa shape index (κ2) is 6.13. The summed E-state index contributed by atoms with van der Waals surface area (Å²) in [6.07, 6.45) is 4.37. The number of halogens is 1. The molecule has 0 aliphatic carbocycles. The first-order chi connectivity index (χ1) is 9.37. The van der Waals surface area contributed by atoms with Gasteiger partial charge >= 0.3 is 0 Å². The van der Waals surface area contributed by atoms with E-state index in [0.29, 0.717) is 5.41 Å². The van der Waals surface area contributed by atoms with E-state index in [9.17, 15) is 4.39 Å². The molecule has 3 heteroatoms. The molecule has 1 unspecified atom stereocenters. The average molecular weight is 278 g/mol. The van der Waals surface area contributed by atoms with Gasteiger partial charge in [0.05, 0.1) is 0 Å². The third-order valence-corrected chi connectivity index (χ3v) is 4.26. The van der Waals surface area contributed by atoms with Crippen molar-refractivity contribution in [3.05, 3.63) is 29.6 Å². The first-order valence-electron chi connectivity index (χ1n) is 7.66. The Bertz CT molecular complexity index is 454. The van der Waals surface area contributed by atoms with Gasteiger partial charge in [0.2, 0.25) is 0 Å². The summed E-state index contributed by atoms with van der Waals surface area (Å²) in [5, 5.41) is 0. The highest BCUT2D eigenvalue weighted by Gasteiger charge is 2.24. The van der Waals surface area contributed by atoms with Crippen molar-refractivity contribution in [1.82, 2.24) is 0 Å². The normalized spacial score (nSPS) is 20.6.